The summed E-state index contributed by atoms with van der Waals surface area (Å²) in [4.78, 5) is 25.4. The fourth-order valence-corrected chi connectivity index (χ4v) is 1.86. The number of H-pyrrole nitrogens is 1. The molecule has 4 nitrogen and oxygen atoms in total. The number of carbonyl (C=O) groups excluding carboxylic acids is 1. The zero-order chi connectivity index (χ0) is 13.7. The van der Waals surface area contributed by atoms with Crippen LogP contribution >= 0.6 is 0 Å². The van der Waals surface area contributed by atoms with E-state index in [-0.39, 0.29) is 17.2 Å². The summed E-state index contributed by atoms with van der Waals surface area (Å²) in [7, 11) is 0. The van der Waals surface area contributed by atoms with Crippen LogP contribution in [0.5, 0.6) is 0 Å². The topological polar surface area (TPSA) is 62.0 Å². The molecular formula is C15H16N2O2. The highest BCUT2D eigenvalue weighted by Crippen LogP contribution is 2.04. The minimum Gasteiger partial charge on any atom is -0.350 e. The van der Waals surface area contributed by atoms with Gasteiger partial charge >= 0.3 is 0 Å². The molecule has 1 heterocycles. The van der Waals surface area contributed by atoms with Crippen molar-refractivity contribution in [1.82, 2.24) is 10.3 Å². The maximum Gasteiger partial charge on any atom is 0.267 e. The van der Waals surface area contributed by atoms with Crippen molar-refractivity contribution in [1.29, 1.82) is 0 Å². The Morgan fingerprint density at radius 2 is 2.00 bits per heavy atom. The monoisotopic (exact) mass is 256 g/mol. The molecule has 0 aliphatic rings. The lowest BCUT2D eigenvalue weighted by molar-refractivity contribution is 0.0949. The number of nitrogens with one attached hydrogen (secondary N) is 2. The van der Waals surface area contributed by atoms with Gasteiger partial charge in [-0.1, -0.05) is 35.9 Å². The van der Waals surface area contributed by atoms with Crippen molar-refractivity contribution in [3.63, 3.8) is 0 Å². The molecule has 0 atom stereocenters. The predicted octanol–water partition coefficient (Wildman–Crippen LogP) is 1.66. The van der Waals surface area contributed by atoms with Crippen molar-refractivity contribution in [3.05, 3.63) is 69.6 Å². The molecule has 1 amide bonds. The average molecular weight is 256 g/mol. The molecule has 0 aliphatic heterocycles. The summed E-state index contributed by atoms with van der Waals surface area (Å²) in [5.74, 6) is -0.259. The SMILES string of the molecule is Cc1cccc(CCNC(=O)c2cccc(=O)[nH]2)c1. The van der Waals surface area contributed by atoms with Crippen molar-refractivity contribution in [2.24, 2.45) is 0 Å². The van der Waals surface area contributed by atoms with E-state index >= 15 is 0 Å². The van der Waals surface area contributed by atoms with Gasteiger partial charge in [0.15, 0.2) is 0 Å². The van der Waals surface area contributed by atoms with Gasteiger partial charge < -0.3 is 10.3 Å². The van der Waals surface area contributed by atoms with Gasteiger partial charge in [0.1, 0.15) is 5.69 Å². The van der Waals surface area contributed by atoms with Crippen LogP contribution in [0.3, 0.4) is 0 Å². The number of benzene rings is 1. The van der Waals surface area contributed by atoms with E-state index in [1.165, 1.54) is 17.2 Å². The molecule has 0 fully saturated rings. The maximum atomic E-state index is 11.8. The van der Waals surface area contributed by atoms with Crippen molar-refractivity contribution in [2.75, 3.05) is 6.54 Å². The van der Waals surface area contributed by atoms with Gasteiger partial charge in [-0.15, -0.1) is 0 Å². The Bertz CT molecular complexity index is 632. The van der Waals surface area contributed by atoms with Crippen LogP contribution in [0, 0.1) is 6.92 Å². The second kappa shape index (κ2) is 6.00. The molecule has 0 saturated heterocycles. The van der Waals surface area contributed by atoms with E-state index in [9.17, 15) is 9.59 Å². The minimum absolute atomic E-state index is 0.259. The number of amides is 1. The van der Waals surface area contributed by atoms with Gasteiger partial charge in [0.25, 0.3) is 5.91 Å². The fourth-order valence-electron chi connectivity index (χ4n) is 1.86. The van der Waals surface area contributed by atoms with Gasteiger partial charge in [-0.3, -0.25) is 9.59 Å². The molecule has 1 aromatic carbocycles. The van der Waals surface area contributed by atoms with E-state index in [4.69, 9.17) is 0 Å². The third-order valence-electron chi connectivity index (χ3n) is 2.79. The van der Waals surface area contributed by atoms with Gasteiger partial charge in [-0.25, -0.2) is 0 Å². The quantitative estimate of drug-likeness (QED) is 0.873. The highest BCUT2D eigenvalue weighted by Gasteiger charge is 2.04. The summed E-state index contributed by atoms with van der Waals surface area (Å²) >= 11 is 0. The first-order valence-corrected chi connectivity index (χ1v) is 6.18. The minimum atomic E-state index is -0.272. The summed E-state index contributed by atoms with van der Waals surface area (Å²) in [5, 5.41) is 2.79. The van der Waals surface area contributed by atoms with Gasteiger partial charge in [0.05, 0.1) is 0 Å². The molecule has 2 N–H and O–H groups in total. The molecule has 4 heteroatoms. The highest BCUT2D eigenvalue weighted by atomic mass is 16.2. The number of pyridine rings is 1. The zero-order valence-electron chi connectivity index (χ0n) is 10.8. The van der Waals surface area contributed by atoms with Crippen molar-refractivity contribution < 1.29 is 4.79 Å². The molecule has 2 rings (SSSR count). The number of aryl methyl sites for hydroxylation is 1. The molecule has 0 spiro atoms. The molecular weight excluding hydrogens is 240 g/mol. The summed E-state index contributed by atoms with van der Waals surface area (Å²) in [6.45, 7) is 2.58. The second-order valence-corrected chi connectivity index (χ2v) is 4.42. The molecule has 0 radical (unpaired) electrons. The van der Waals surface area contributed by atoms with Gasteiger partial charge in [-0.2, -0.15) is 0 Å². The van der Waals surface area contributed by atoms with Crippen molar-refractivity contribution in [3.8, 4) is 0 Å². The second-order valence-electron chi connectivity index (χ2n) is 4.42. The van der Waals surface area contributed by atoms with E-state index < -0.39 is 0 Å². The van der Waals surface area contributed by atoms with E-state index in [0.717, 1.165) is 6.42 Å². The summed E-state index contributed by atoms with van der Waals surface area (Å²) < 4.78 is 0. The standard InChI is InChI=1S/C15H16N2O2/c1-11-4-2-5-12(10-11)8-9-16-15(19)13-6-3-7-14(18)17-13/h2-7,10H,8-9H2,1H3,(H,16,19)(H,17,18). The predicted molar refractivity (Wildman–Crippen MR) is 74.3 cm³/mol. The van der Waals surface area contributed by atoms with Crippen molar-refractivity contribution >= 4 is 5.91 Å². The first-order chi connectivity index (χ1) is 9.15. The number of hydrogen-bond acceptors (Lipinski definition) is 2. The molecule has 0 saturated carbocycles. The summed E-state index contributed by atoms with van der Waals surface area (Å²) in [6.07, 6.45) is 0.768. The third kappa shape index (κ3) is 3.81. The number of aromatic nitrogens is 1. The number of carbonyl (C=O) groups is 1. The summed E-state index contributed by atoms with van der Waals surface area (Å²) in [6, 6.07) is 12.7. The van der Waals surface area contributed by atoms with Crippen LogP contribution in [0.2, 0.25) is 0 Å². The lowest BCUT2D eigenvalue weighted by Crippen LogP contribution is -2.28. The highest BCUT2D eigenvalue weighted by molar-refractivity contribution is 5.92. The van der Waals surface area contributed by atoms with Crippen LogP contribution in [0.4, 0.5) is 0 Å². The number of aromatic amines is 1. The zero-order valence-corrected chi connectivity index (χ0v) is 10.8. The van der Waals surface area contributed by atoms with Gasteiger partial charge in [-0.05, 0) is 25.0 Å². The smallest absolute Gasteiger partial charge is 0.267 e. The molecule has 0 bridgehead atoms. The maximum absolute atomic E-state index is 11.8. The molecule has 1 aromatic heterocycles. The van der Waals surface area contributed by atoms with Gasteiger partial charge in [0, 0.05) is 12.6 Å². The molecule has 98 valence electrons. The Kier molecular flexibility index (Phi) is 4.13. The van der Waals surface area contributed by atoms with E-state index in [1.807, 2.05) is 25.1 Å². The normalized spacial score (nSPS) is 10.2. The summed E-state index contributed by atoms with van der Waals surface area (Å²) in [5.41, 5.74) is 2.40. The first-order valence-electron chi connectivity index (χ1n) is 6.18. The molecule has 2 aromatic rings. The Morgan fingerprint density at radius 1 is 1.21 bits per heavy atom. The van der Waals surface area contributed by atoms with Crippen LogP contribution in [0.1, 0.15) is 21.6 Å². The van der Waals surface area contributed by atoms with Crippen LogP contribution in [-0.4, -0.2) is 17.4 Å². The third-order valence-corrected chi connectivity index (χ3v) is 2.79. The number of hydrogen-bond donors (Lipinski definition) is 2. The molecule has 0 unspecified atom stereocenters. The van der Waals surface area contributed by atoms with Crippen LogP contribution in [0.15, 0.2) is 47.3 Å². The van der Waals surface area contributed by atoms with Crippen LogP contribution in [0.25, 0.3) is 0 Å². The van der Waals surface area contributed by atoms with Crippen LogP contribution in [-0.2, 0) is 6.42 Å². The lowest BCUT2D eigenvalue weighted by atomic mass is 10.1. The number of rotatable bonds is 4. The first kappa shape index (κ1) is 13.1. The Balaban J connectivity index is 1.89. The molecule has 19 heavy (non-hydrogen) atoms. The molecule has 0 aliphatic carbocycles. The Morgan fingerprint density at radius 3 is 2.74 bits per heavy atom. The lowest BCUT2D eigenvalue weighted by Gasteiger charge is -2.05. The van der Waals surface area contributed by atoms with Crippen molar-refractivity contribution in [2.45, 2.75) is 13.3 Å². The average Bonchev–Trinajstić information content (AvgIpc) is 2.38. The van der Waals surface area contributed by atoms with E-state index in [0.29, 0.717) is 6.54 Å². The van der Waals surface area contributed by atoms with Gasteiger partial charge in [0.2, 0.25) is 5.56 Å². The largest absolute Gasteiger partial charge is 0.350 e. The fraction of sp³-hybridized carbons (Fsp3) is 0.200. The van der Waals surface area contributed by atoms with E-state index in [2.05, 4.69) is 16.4 Å². The Hall–Kier alpha value is -2.36. The Labute approximate surface area is 111 Å². The van der Waals surface area contributed by atoms with Crippen LogP contribution < -0.4 is 10.9 Å². The van der Waals surface area contributed by atoms with E-state index in [1.54, 1.807) is 12.1 Å².